The van der Waals surface area contributed by atoms with E-state index in [1.807, 2.05) is 26.0 Å². The molecule has 0 aliphatic carbocycles. The largest absolute Gasteiger partial charge is 0.355 e. The Morgan fingerprint density at radius 1 is 1.20 bits per heavy atom. The average Bonchev–Trinajstić information content (AvgIpc) is 2.50. The van der Waals surface area contributed by atoms with Gasteiger partial charge < -0.3 is 10.2 Å². The maximum atomic E-state index is 12.0. The van der Waals surface area contributed by atoms with Crippen molar-refractivity contribution < 1.29 is 4.79 Å². The van der Waals surface area contributed by atoms with Gasteiger partial charge in [0.15, 0.2) is 11.6 Å². The van der Waals surface area contributed by atoms with E-state index in [0.717, 1.165) is 31.7 Å². The first-order chi connectivity index (χ1) is 9.74. The Morgan fingerprint density at radius 2 is 1.90 bits per heavy atom. The number of anilines is 2. The lowest BCUT2D eigenvalue weighted by molar-refractivity contribution is -0.120. The molecule has 0 saturated carbocycles. The van der Waals surface area contributed by atoms with Gasteiger partial charge in [0, 0.05) is 19.0 Å². The molecule has 1 fully saturated rings. The van der Waals surface area contributed by atoms with Crippen LogP contribution < -0.4 is 10.2 Å². The molecule has 0 unspecified atom stereocenters. The summed E-state index contributed by atoms with van der Waals surface area (Å²) in [7, 11) is 0. The van der Waals surface area contributed by atoms with Crippen LogP contribution in [0.2, 0.25) is 0 Å². The van der Waals surface area contributed by atoms with Crippen LogP contribution in [0.15, 0.2) is 12.1 Å². The molecule has 0 spiro atoms. The van der Waals surface area contributed by atoms with Gasteiger partial charge in [-0.1, -0.05) is 13.8 Å². The smallest absolute Gasteiger partial charge is 0.228 e. The lowest BCUT2D eigenvalue weighted by Crippen LogP contribution is -2.30. The zero-order valence-corrected chi connectivity index (χ0v) is 12.4. The second-order valence-electron chi connectivity index (χ2n) is 5.33. The highest BCUT2D eigenvalue weighted by molar-refractivity contribution is 5.91. The third-order valence-electron chi connectivity index (χ3n) is 3.94. The predicted octanol–water partition coefficient (Wildman–Crippen LogP) is 2.84. The number of hydrogen-bond acceptors (Lipinski definition) is 4. The highest BCUT2D eigenvalue weighted by Gasteiger charge is 2.16. The number of hydrogen-bond donors (Lipinski definition) is 1. The monoisotopic (exact) mass is 276 g/mol. The van der Waals surface area contributed by atoms with Gasteiger partial charge in [-0.25, -0.2) is 0 Å². The Bertz CT molecular complexity index is 422. The fraction of sp³-hybridized carbons (Fsp3) is 0.667. The van der Waals surface area contributed by atoms with E-state index in [0.29, 0.717) is 5.82 Å². The first-order valence-corrected chi connectivity index (χ1v) is 7.64. The first kappa shape index (κ1) is 14.8. The van der Waals surface area contributed by atoms with Crippen LogP contribution in [0.4, 0.5) is 11.6 Å². The minimum absolute atomic E-state index is 0.0371. The molecule has 1 aliphatic rings. The van der Waals surface area contributed by atoms with Gasteiger partial charge in [0.25, 0.3) is 0 Å². The molecule has 1 aromatic heterocycles. The number of piperidine rings is 1. The number of aromatic nitrogens is 2. The molecule has 20 heavy (non-hydrogen) atoms. The van der Waals surface area contributed by atoms with Crippen LogP contribution in [-0.2, 0) is 4.79 Å². The topological polar surface area (TPSA) is 58.1 Å². The molecule has 0 atom stereocenters. The third-order valence-corrected chi connectivity index (χ3v) is 3.94. The number of carbonyl (C=O) groups excluding carboxylic acids is 1. The molecule has 0 bridgehead atoms. The van der Waals surface area contributed by atoms with Crippen LogP contribution in [-0.4, -0.2) is 29.2 Å². The molecule has 110 valence electrons. The summed E-state index contributed by atoms with van der Waals surface area (Å²) in [5.74, 6) is 1.54. The summed E-state index contributed by atoms with van der Waals surface area (Å²) in [6.07, 6.45) is 5.43. The first-order valence-electron chi connectivity index (χ1n) is 7.64. The quantitative estimate of drug-likeness (QED) is 0.898. The molecule has 1 aromatic rings. The summed E-state index contributed by atoms with van der Waals surface area (Å²) in [6, 6.07) is 3.79. The van der Waals surface area contributed by atoms with Crippen LogP contribution in [0.1, 0.15) is 46.0 Å². The number of nitrogens with zero attached hydrogens (tertiary/aromatic N) is 3. The van der Waals surface area contributed by atoms with Crippen molar-refractivity contribution in [3.63, 3.8) is 0 Å². The standard InChI is InChI=1S/C15H24N4O/c1-3-12(4-2)15(20)16-13-8-9-14(18-17-13)19-10-6-5-7-11-19/h8-9,12H,3-7,10-11H2,1-2H3,(H,16,17,20). The Kier molecular flexibility index (Phi) is 5.32. The van der Waals surface area contributed by atoms with Crippen LogP contribution in [0.5, 0.6) is 0 Å². The van der Waals surface area contributed by atoms with E-state index in [2.05, 4.69) is 20.4 Å². The molecular formula is C15H24N4O. The molecule has 1 saturated heterocycles. The van der Waals surface area contributed by atoms with Crippen molar-refractivity contribution in [2.75, 3.05) is 23.3 Å². The van der Waals surface area contributed by atoms with E-state index in [1.54, 1.807) is 0 Å². The van der Waals surface area contributed by atoms with E-state index in [1.165, 1.54) is 19.3 Å². The van der Waals surface area contributed by atoms with Gasteiger partial charge in [-0.2, -0.15) is 0 Å². The molecule has 2 rings (SSSR count). The van der Waals surface area contributed by atoms with Crippen molar-refractivity contribution in [3.05, 3.63) is 12.1 Å². The lowest BCUT2D eigenvalue weighted by atomic mass is 10.0. The van der Waals surface area contributed by atoms with Gasteiger partial charge in [0.05, 0.1) is 0 Å². The van der Waals surface area contributed by atoms with Gasteiger partial charge in [-0.15, -0.1) is 10.2 Å². The molecule has 1 aliphatic heterocycles. The normalized spacial score (nSPS) is 15.4. The number of amides is 1. The van der Waals surface area contributed by atoms with Crippen molar-refractivity contribution in [1.29, 1.82) is 0 Å². The van der Waals surface area contributed by atoms with Crippen molar-refractivity contribution in [3.8, 4) is 0 Å². The van der Waals surface area contributed by atoms with E-state index in [9.17, 15) is 4.79 Å². The van der Waals surface area contributed by atoms with Crippen molar-refractivity contribution in [1.82, 2.24) is 10.2 Å². The van der Waals surface area contributed by atoms with Crippen molar-refractivity contribution in [2.45, 2.75) is 46.0 Å². The van der Waals surface area contributed by atoms with Gasteiger partial charge >= 0.3 is 0 Å². The maximum Gasteiger partial charge on any atom is 0.228 e. The molecule has 0 radical (unpaired) electrons. The van der Waals surface area contributed by atoms with Gasteiger partial charge in [-0.05, 0) is 44.2 Å². The molecule has 5 nitrogen and oxygen atoms in total. The summed E-state index contributed by atoms with van der Waals surface area (Å²) < 4.78 is 0. The SMILES string of the molecule is CCC(CC)C(=O)Nc1ccc(N2CCCCC2)nn1. The lowest BCUT2D eigenvalue weighted by Gasteiger charge is -2.27. The van der Waals surface area contributed by atoms with E-state index in [-0.39, 0.29) is 11.8 Å². The van der Waals surface area contributed by atoms with Gasteiger partial charge in [-0.3, -0.25) is 4.79 Å². The average molecular weight is 276 g/mol. The zero-order valence-electron chi connectivity index (χ0n) is 12.4. The third kappa shape index (κ3) is 3.68. The number of rotatable bonds is 5. The maximum absolute atomic E-state index is 12.0. The molecule has 2 heterocycles. The zero-order chi connectivity index (χ0) is 14.4. The molecular weight excluding hydrogens is 252 g/mol. The minimum atomic E-state index is 0.0371. The highest BCUT2D eigenvalue weighted by Crippen LogP contribution is 2.18. The molecule has 0 aromatic carbocycles. The molecule has 1 amide bonds. The number of carbonyl (C=O) groups is 1. The predicted molar refractivity (Wildman–Crippen MR) is 80.8 cm³/mol. The second-order valence-corrected chi connectivity index (χ2v) is 5.33. The number of nitrogens with one attached hydrogen (secondary N) is 1. The van der Waals surface area contributed by atoms with Gasteiger partial charge in [0.1, 0.15) is 0 Å². The Morgan fingerprint density at radius 3 is 2.45 bits per heavy atom. The highest BCUT2D eigenvalue weighted by atomic mass is 16.1. The van der Waals surface area contributed by atoms with E-state index >= 15 is 0 Å². The summed E-state index contributed by atoms with van der Waals surface area (Å²) >= 11 is 0. The molecule has 1 N–H and O–H groups in total. The van der Waals surface area contributed by atoms with E-state index in [4.69, 9.17) is 0 Å². The van der Waals surface area contributed by atoms with E-state index < -0.39 is 0 Å². The summed E-state index contributed by atoms with van der Waals surface area (Å²) in [4.78, 5) is 14.2. The fourth-order valence-corrected chi connectivity index (χ4v) is 2.57. The minimum Gasteiger partial charge on any atom is -0.355 e. The summed E-state index contributed by atoms with van der Waals surface area (Å²) in [5.41, 5.74) is 0. The fourth-order valence-electron chi connectivity index (χ4n) is 2.57. The Hall–Kier alpha value is -1.65. The summed E-state index contributed by atoms with van der Waals surface area (Å²) in [5, 5.41) is 11.2. The molecule has 5 heteroatoms. The summed E-state index contributed by atoms with van der Waals surface area (Å²) in [6.45, 7) is 6.15. The van der Waals surface area contributed by atoms with Crippen molar-refractivity contribution >= 4 is 17.5 Å². The second kappa shape index (κ2) is 7.22. The van der Waals surface area contributed by atoms with Crippen LogP contribution in [0, 0.1) is 5.92 Å². The van der Waals surface area contributed by atoms with Gasteiger partial charge in [0.2, 0.25) is 5.91 Å². The van der Waals surface area contributed by atoms with Crippen LogP contribution >= 0.6 is 0 Å². The van der Waals surface area contributed by atoms with Crippen molar-refractivity contribution in [2.24, 2.45) is 5.92 Å². The Labute approximate surface area is 120 Å². The van der Waals surface area contributed by atoms with Crippen LogP contribution in [0.3, 0.4) is 0 Å². The Balaban J connectivity index is 1.95. The van der Waals surface area contributed by atoms with Crippen LogP contribution in [0.25, 0.3) is 0 Å².